The Labute approximate surface area is 195 Å². The molecule has 0 fully saturated rings. The van der Waals surface area contributed by atoms with Crippen molar-refractivity contribution in [3.05, 3.63) is 77.5 Å². The number of para-hydroxylation sites is 1. The third-order valence-electron chi connectivity index (χ3n) is 4.99. The number of fused-ring (bicyclic) bond motifs is 1. The zero-order chi connectivity index (χ0) is 23.8. The fourth-order valence-corrected chi connectivity index (χ4v) is 3.34. The van der Waals surface area contributed by atoms with E-state index in [4.69, 9.17) is 4.74 Å². The van der Waals surface area contributed by atoms with Crippen LogP contribution in [0.15, 0.2) is 65.8 Å². The van der Waals surface area contributed by atoms with Crippen molar-refractivity contribution in [1.29, 1.82) is 0 Å². The Bertz CT molecular complexity index is 1100. The van der Waals surface area contributed by atoms with E-state index in [1.165, 1.54) is 0 Å². The largest absolute Gasteiger partial charge is 0.444 e. The third-order valence-corrected chi connectivity index (χ3v) is 4.99. The van der Waals surface area contributed by atoms with E-state index in [1.54, 1.807) is 19.0 Å². The number of hydrogen-bond acceptors (Lipinski definition) is 4. The summed E-state index contributed by atoms with van der Waals surface area (Å²) in [5.41, 5.74) is 3.77. The van der Waals surface area contributed by atoms with Gasteiger partial charge in [-0.2, -0.15) is 0 Å². The molecule has 3 aromatic rings. The number of benzene rings is 2. The summed E-state index contributed by atoms with van der Waals surface area (Å²) in [6.07, 6.45) is 1.48. The van der Waals surface area contributed by atoms with Crippen molar-refractivity contribution in [2.75, 3.05) is 14.1 Å². The van der Waals surface area contributed by atoms with Gasteiger partial charge in [-0.05, 0) is 43.5 Å². The summed E-state index contributed by atoms with van der Waals surface area (Å²) in [5, 5.41) is 7.82. The summed E-state index contributed by atoms with van der Waals surface area (Å²) in [6.45, 7) is 7.34. The van der Waals surface area contributed by atoms with Crippen molar-refractivity contribution in [2.45, 2.75) is 46.0 Å². The first kappa shape index (κ1) is 24.0. The summed E-state index contributed by atoms with van der Waals surface area (Å²) < 4.78 is 5.40. The van der Waals surface area contributed by atoms with Crippen molar-refractivity contribution in [3.8, 4) is 0 Å². The Morgan fingerprint density at radius 3 is 2.36 bits per heavy atom. The van der Waals surface area contributed by atoms with Crippen molar-refractivity contribution in [2.24, 2.45) is 4.99 Å². The standard InChI is InChI=1S/C26H33N5O2/c1-26(2,3)33-25(32)31(5)18-20-13-11-19(12-14-20)16-29-24(27-4)30-17-22-9-6-8-21-10-7-15-28-23(21)22/h6-15H,16-18H2,1-5H3,(H2,27,29,30). The molecule has 174 valence electrons. The van der Waals surface area contributed by atoms with Crippen LogP contribution >= 0.6 is 0 Å². The van der Waals surface area contributed by atoms with Crippen molar-refractivity contribution in [3.63, 3.8) is 0 Å². The van der Waals surface area contributed by atoms with Gasteiger partial charge in [0.15, 0.2) is 5.96 Å². The van der Waals surface area contributed by atoms with E-state index >= 15 is 0 Å². The van der Waals surface area contributed by atoms with E-state index in [0.717, 1.165) is 33.6 Å². The number of carbonyl (C=O) groups is 1. The van der Waals surface area contributed by atoms with Crippen LogP contribution in [0.2, 0.25) is 0 Å². The van der Waals surface area contributed by atoms with E-state index < -0.39 is 5.60 Å². The molecular weight excluding hydrogens is 414 g/mol. The highest BCUT2D eigenvalue weighted by molar-refractivity contribution is 5.83. The zero-order valence-electron chi connectivity index (χ0n) is 20.1. The molecule has 0 saturated heterocycles. The zero-order valence-corrected chi connectivity index (χ0v) is 20.1. The minimum Gasteiger partial charge on any atom is -0.444 e. The number of aliphatic imine (C=N–C) groups is 1. The molecule has 7 heteroatoms. The Kier molecular flexibility index (Phi) is 7.87. The van der Waals surface area contributed by atoms with Crippen LogP contribution in [0, 0.1) is 0 Å². The molecule has 1 heterocycles. The Morgan fingerprint density at radius 1 is 1.00 bits per heavy atom. The van der Waals surface area contributed by atoms with Crippen LogP contribution in [0.3, 0.4) is 0 Å². The smallest absolute Gasteiger partial charge is 0.410 e. The number of amides is 1. The summed E-state index contributed by atoms with van der Waals surface area (Å²) in [4.78, 5) is 22.5. The lowest BCUT2D eigenvalue weighted by Gasteiger charge is -2.24. The van der Waals surface area contributed by atoms with Crippen molar-refractivity contribution >= 4 is 23.0 Å². The van der Waals surface area contributed by atoms with Gasteiger partial charge in [0.05, 0.1) is 5.52 Å². The number of carbonyl (C=O) groups excluding carboxylic acids is 1. The minimum atomic E-state index is -0.502. The van der Waals surface area contributed by atoms with Gasteiger partial charge in [-0.3, -0.25) is 9.98 Å². The van der Waals surface area contributed by atoms with Gasteiger partial charge >= 0.3 is 6.09 Å². The molecule has 7 nitrogen and oxygen atoms in total. The molecule has 0 radical (unpaired) electrons. The molecule has 0 atom stereocenters. The number of ether oxygens (including phenoxy) is 1. The van der Waals surface area contributed by atoms with Gasteiger partial charge in [0, 0.05) is 45.3 Å². The average Bonchev–Trinajstić information content (AvgIpc) is 2.79. The third kappa shape index (κ3) is 7.20. The highest BCUT2D eigenvalue weighted by Crippen LogP contribution is 2.16. The molecule has 2 N–H and O–H groups in total. The van der Waals surface area contributed by atoms with E-state index in [0.29, 0.717) is 19.6 Å². The number of hydrogen-bond donors (Lipinski definition) is 2. The molecular formula is C26H33N5O2. The monoisotopic (exact) mass is 447 g/mol. The van der Waals surface area contributed by atoms with E-state index in [2.05, 4.69) is 38.8 Å². The maximum atomic E-state index is 12.1. The number of rotatable bonds is 6. The summed E-state index contributed by atoms with van der Waals surface area (Å²) in [6, 6.07) is 18.3. The molecule has 2 aromatic carbocycles. The molecule has 33 heavy (non-hydrogen) atoms. The van der Waals surface area contributed by atoms with Crippen LogP contribution in [0.4, 0.5) is 4.79 Å². The molecule has 0 aliphatic carbocycles. The lowest BCUT2D eigenvalue weighted by Crippen LogP contribution is -2.36. The van der Waals surface area contributed by atoms with Gasteiger partial charge < -0.3 is 20.3 Å². The van der Waals surface area contributed by atoms with Crippen molar-refractivity contribution in [1.82, 2.24) is 20.5 Å². The second-order valence-electron chi connectivity index (χ2n) is 8.92. The van der Waals surface area contributed by atoms with Crippen molar-refractivity contribution < 1.29 is 9.53 Å². The van der Waals surface area contributed by atoms with Gasteiger partial charge in [0.25, 0.3) is 0 Å². The van der Waals surface area contributed by atoms with Gasteiger partial charge in [-0.15, -0.1) is 0 Å². The number of nitrogens with zero attached hydrogens (tertiary/aromatic N) is 3. The Morgan fingerprint density at radius 2 is 1.67 bits per heavy atom. The molecule has 0 spiro atoms. The number of nitrogens with one attached hydrogen (secondary N) is 2. The lowest BCUT2D eigenvalue weighted by atomic mass is 10.1. The van der Waals surface area contributed by atoms with E-state index in [-0.39, 0.29) is 6.09 Å². The summed E-state index contributed by atoms with van der Waals surface area (Å²) >= 11 is 0. The van der Waals surface area contributed by atoms with Gasteiger partial charge in [0.1, 0.15) is 5.60 Å². The number of pyridine rings is 1. The second-order valence-corrected chi connectivity index (χ2v) is 8.92. The van der Waals surface area contributed by atoms with Crippen LogP contribution < -0.4 is 10.6 Å². The van der Waals surface area contributed by atoms with Crippen LogP contribution in [0.1, 0.15) is 37.5 Å². The maximum absolute atomic E-state index is 12.1. The highest BCUT2D eigenvalue weighted by Gasteiger charge is 2.19. The highest BCUT2D eigenvalue weighted by atomic mass is 16.6. The minimum absolute atomic E-state index is 0.329. The SMILES string of the molecule is CN=C(NCc1ccc(CN(C)C(=O)OC(C)(C)C)cc1)NCc1cccc2cccnc12. The predicted octanol–water partition coefficient (Wildman–Crippen LogP) is 4.47. The average molecular weight is 448 g/mol. The van der Waals surface area contributed by atoms with Crippen LogP contribution in [0.5, 0.6) is 0 Å². The summed E-state index contributed by atoms with van der Waals surface area (Å²) in [5.74, 6) is 0.719. The molecule has 1 amide bonds. The van der Waals surface area contributed by atoms with Crippen LogP contribution in [-0.4, -0.2) is 41.6 Å². The van der Waals surface area contributed by atoms with Crippen LogP contribution in [0.25, 0.3) is 10.9 Å². The Balaban J connectivity index is 1.51. The first-order chi connectivity index (χ1) is 15.7. The molecule has 1 aromatic heterocycles. The predicted molar refractivity (Wildman–Crippen MR) is 133 cm³/mol. The Hall–Kier alpha value is -3.61. The summed E-state index contributed by atoms with van der Waals surface area (Å²) in [7, 11) is 3.50. The topological polar surface area (TPSA) is 78.9 Å². The molecule has 0 saturated carbocycles. The molecule has 0 aliphatic heterocycles. The molecule has 3 rings (SSSR count). The van der Waals surface area contributed by atoms with E-state index in [1.807, 2.05) is 63.4 Å². The number of aromatic nitrogens is 1. The number of guanidine groups is 1. The van der Waals surface area contributed by atoms with E-state index in [9.17, 15) is 4.79 Å². The quantitative estimate of drug-likeness (QED) is 0.431. The maximum Gasteiger partial charge on any atom is 0.410 e. The van der Waals surface area contributed by atoms with Gasteiger partial charge in [0.2, 0.25) is 0 Å². The molecule has 0 bridgehead atoms. The fraction of sp³-hybridized carbons (Fsp3) is 0.346. The molecule has 0 aliphatic rings. The fourth-order valence-electron chi connectivity index (χ4n) is 3.34. The van der Waals surface area contributed by atoms with Crippen LogP contribution in [-0.2, 0) is 24.4 Å². The second kappa shape index (κ2) is 10.8. The lowest BCUT2D eigenvalue weighted by molar-refractivity contribution is 0.0285. The normalized spacial score (nSPS) is 11.8. The first-order valence-corrected chi connectivity index (χ1v) is 11.0. The van der Waals surface area contributed by atoms with Gasteiger partial charge in [-0.1, -0.05) is 48.5 Å². The van der Waals surface area contributed by atoms with Gasteiger partial charge in [-0.25, -0.2) is 4.79 Å². The first-order valence-electron chi connectivity index (χ1n) is 11.0. The molecule has 0 unspecified atom stereocenters.